The van der Waals surface area contributed by atoms with Gasteiger partial charge in [0.2, 0.25) is 5.91 Å². The molecule has 0 atom stereocenters. The molecule has 0 aromatic carbocycles. The van der Waals surface area contributed by atoms with E-state index >= 15 is 0 Å². The van der Waals surface area contributed by atoms with Crippen molar-refractivity contribution >= 4 is 5.91 Å². The van der Waals surface area contributed by atoms with Gasteiger partial charge in [-0.05, 0) is 19.1 Å². The van der Waals surface area contributed by atoms with Gasteiger partial charge in [0, 0.05) is 12.7 Å². The van der Waals surface area contributed by atoms with Gasteiger partial charge in [-0.2, -0.15) is 5.26 Å². The van der Waals surface area contributed by atoms with Crippen molar-refractivity contribution in [1.29, 1.82) is 5.26 Å². The quantitative estimate of drug-likeness (QED) is 0.730. The van der Waals surface area contributed by atoms with E-state index in [1.165, 1.54) is 0 Å². The van der Waals surface area contributed by atoms with Crippen LogP contribution in [0.2, 0.25) is 0 Å². The van der Waals surface area contributed by atoms with Crippen LogP contribution in [-0.2, 0) is 11.3 Å². The molecule has 0 radical (unpaired) electrons. The predicted octanol–water partition coefficient (Wildman–Crippen LogP) is 0.496. The minimum Gasteiger partial charge on any atom is -0.355 e. The largest absolute Gasteiger partial charge is 0.355 e. The van der Waals surface area contributed by atoms with Gasteiger partial charge >= 0.3 is 0 Å². The predicted molar refractivity (Wildman–Crippen MR) is 47.8 cm³/mol. The molecule has 0 unspecified atom stereocenters. The summed E-state index contributed by atoms with van der Waals surface area (Å²) in [6.07, 6.45) is 1.72. The van der Waals surface area contributed by atoms with Gasteiger partial charge in [0.25, 0.3) is 0 Å². The molecular weight excluding hydrogens is 166 g/mol. The third-order valence-electron chi connectivity index (χ3n) is 1.63. The molecule has 0 aliphatic carbocycles. The van der Waals surface area contributed by atoms with Crippen molar-refractivity contribution < 1.29 is 4.79 Å². The molecule has 4 nitrogen and oxygen atoms in total. The number of nitrogens with one attached hydrogen (secondary N) is 1. The Morgan fingerprint density at radius 1 is 1.77 bits per heavy atom. The van der Waals surface area contributed by atoms with E-state index in [0.29, 0.717) is 12.2 Å². The molecule has 1 heterocycles. The highest BCUT2D eigenvalue weighted by Gasteiger charge is 2.03. The van der Waals surface area contributed by atoms with Crippen LogP contribution in [0.1, 0.15) is 12.6 Å². The number of amides is 1. The van der Waals surface area contributed by atoms with Gasteiger partial charge in [-0.1, -0.05) is 0 Å². The molecule has 0 saturated carbocycles. The monoisotopic (exact) mass is 177 g/mol. The molecule has 0 bridgehead atoms. The van der Waals surface area contributed by atoms with E-state index in [-0.39, 0.29) is 12.5 Å². The summed E-state index contributed by atoms with van der Waals surface area (Å²) in [4.78, 5) is 11.1. The van der Waals surface area contributed by atoms with Crippen molar-refractivity contribution in [3.05, 3.63) is 24.0 Å². The molecule has 1 aromatic heterocycles. The van der Waals surface area contributed by atoms with Crippen LogP contribution in [0.4, 0.5) is 0 Å². The molecule has 0 spiro atoms. The summed E-state index contributed by atoms with van der Waals surface area (Å²) < 4.78 is 1.62. The molecular formula is C9H11N3O. The van der Waals surface area contributed by atoms with Crippen molar-refractivity contribution in [2.45, 2.75) is 13.5 Å². The lowest BCUT2D eigenvalue weighted by molar-refractivity contribution is -0.121. The summed E-state index contributed by atoms with van der Waals surface area (Å²) in [5.74, 6) is -0.0739. The topological polar surface area (TPSA) is 57.8 Å². The molecule has 68 valence electrons. The molecule has 0 aliphatic heterocycles. The fourth-order valence-electron chi connectivity index (χ4n) is 1.06. The Bertz CT molecular complexity index is 335. The van der Waals surface area contributed by atoms with E-state index in [9.17, 15) is 4.79 Å². The zero-order chi connectivity index (χ0) is 9.68. The number of carbonyl (C=O) groups is 1. The average molecular weight is 177 g/mol. The van der Waals surface area contributed by atoms with Gasteiger partial charge in [-0.15, -0.1) is 0 Å². The standard InChI is InChI=1S/C9H11N3O/c1-2-11-9(13)7-12-5-3-4-8(12)6-10/h3-5H,2,7H2,1H3,(H,11,13). The van der Waals surface area contributed by atoms with Crippen LogP contribution in [0.25, 0.3) is 0 Å². The zero-order valence-electron chi connectivity index (χ0n) is 7.45. The van der Waals surface area contributed by atoms with Gasteiger partial charge in [0.15, 0.2) is 0 Å². The third kappa shape index (κ3) is 2.34. The van der Waals surface area contributed by atoms with Crippen molar-refractivity contribution in [2.24, 2.45) is 0 Å². The third-order valence-corrected chi connectivity index (χ3v) is 1.63. The van der Waals surface area contributed by atoms with Crippen LogP contribution in [0.15, 0.2) is 18.3 Å². The van der Waals surface area contributed by atoms with Gasteiger partial charge < -0.3 is 9.88 Å². The maximum absolute atomic E-state index is 11.1. The average Bonchev–Trinajstić information content (AvgIpc) is 2.52. The first kappa shape index (κ1) is 9.33. The summed E-state index contributed by atoms with van der Waals surface area (Å²) in [5.41, 5.74) is 0.506. The molecule has 13 heavy (non-hydrogen) atoms. The Kier molecular flexibility index (Phi) is 3.09. The van der Waals surface area contributed by atoms with Gasteiger partial charge in [0.1, 0.15) is 18.3 Å². The number of likely N-dealkylation sites (N-methyl/N-ethyl adjacent to an activating group) is 1. The summed E-state index contributed by atoms with van der Waals surface area (Å²) >= 11 is 0. The second-order valence-corrected chi connectivity index (χ2v) is 2.59. The van der Waals surface area contributed by atoms with E-state index < -0.39 is 0 Å². The van der Waals surface area contributed by atoms with E-state index in [4.69, 9.17) is 5.26 Å². The first-order valence-corrected chi connectivity index (χ1v) is 4.10. The number of hydrogen-bond donors (Lipinski definition) is 1. The van der Waals surface area contributed by atoms with Crippen LogP contribution in [0, 0.1) is 11.3 Å². The Morgan fingerprint density at radius 3 is 3.15 bits per heavy atom. The lowest BCUT2D eigenvalue weighted by Gasteiger charge is -2.03. The second-order valence-electron chi connectivity index (χ2n) is 2.59. The maximum Gasteiger partial charge on any atom is 0.239 e. The second kappa shape index (κ2) is 4.31. The highest BCUT2D eigenvalue weighted by molar-refractivity contribution is 5.75. The van der Waals surface area contributed by atoms with Crippen LogP contribution in [0.3, 0.4) is 0 Å². The van der Waals surface area contributed by atoms with Crippen molar-refractivity contribution in [1.82, 2.24) is 9.88 Å². The number of rotatable bonds is 3. The molecule has 1 N–H and O–H groups in total. The minimum absolute atomic E-state index is 0.0739. The van der Waals surface area contributed by atoms with E-state index in [1.807, 2.05) is 13.0 Å². The van der Waals surface area contributed by atoms with Crippen LogP contribution in [-0.4, -0.2) is 17.0 Å². The van der Waals surface area contributed by atoms with Crippen molar-refractivity contribution in [2.75, 3.05) is 6.54 Å². The van der Waals surface area contributed by atoms with E-state index in [0.717, 1.165) is 0 Å². The first-order chi connectivity index (χ1) is 6.27. The number of hydrogen-bond acceptors (Lipinski definition) is 2. The fraction of sp³-hybridized carbons (Fsp3) is 0.333. The molecule has 1 rings (SSSR count). The smallest absolute Gasteiger partial charge is 0.239 e. The van der Waals surface area contributed by atoms with Crippen LogP contribution < -0.4 is 5.32 Å². The first-order valence-electron chi connectivity index (χ1n) is 4.10. The van der Waals surface area contributed by atoms with Crippen LogP contribution >= 0.6 is 0 Å². The van der Waals surface area contributed by atoms with E-state index in [1.54, 1.807) is 22.9 Å². The van der Waals surface area contributed by atoms with E-state index in [2.05, 4.69) is 5.32 Å². The summed E-state index contributed by atoms with van der Waals surface area (Å²) in [5, 5.41) is 11.3. The summed E-state index contributed by atoms with van der Waals surface area (Å²) in [6, 6.07) is 5.43. The van der Waals surface area contributed by atoms with Crippen molar-refractivity contribution in [3.8, 4) is 6.07 Å². The summed E-state index contributed by atoms with van der Waals surface area (Å²) in [7, 11) is 0. The molecule has 0 saturated heterocycles. The lowest BCUT2D eigenvalue weighted by Crippen LogP contribution is -2.27. The Hall–Kier alpha value is -1.76. The fourth-order valence-corrected chi connectivity index (χ4v) is 1.06. The normalized spacial score (nSPS) is 9.23. The Balaban J connectivity index is 2.64. The Morgan fingerprint density at radius 2 is 2.54 bits per heavy atom. The lowest BCUT2D eigenvalue weighted by atomic mass is 10.4. The van der Waals surface area contributed by atoms with Crippen molar-refractivity contribution in [3.63, 3.8) is 0 Å². The molecule has 0 fully saturated rings. The van der Waals surface area contributed by atoms with Gasteiger partial charge in [-0.3, -0.25) is 4.79 Å². The highest BCUT2D eigenvalue weighted by atomic mass is 16.1. The van der Waals surface area contributed by atoms with Gasteiger partial charge in [0.05, 0.1) is 0 Å². The minimum atomic E-state index is -0.0739. The SMILES string of the molecule is CCNC(=O)Cn1cccc1C#N. The zero-order valence-corrected chi connectivity index (χ0v) is 7.45. The summed E-state index contributed by atoms with van der Waals surface area (Å²) in [6.45, 7) is 2.69. The highest BCUT2D eigenvalue weighted by Crippen LogP contribution is 1.99. The number of carbonyl (C=O) groups excluding carboxylic acids is 1. The van der Waals surface area contributed by atoms with Gasteiger partial charge in [-0.25, -0.2) is 0 Å². The van der Waals surface area contributed by atoms with Crippen LogP contribution in [0.5, 0.6) is 0 Å². The molecule has 1 amide bonds. The number of nitriles is 1. The number of aromatic nitrogens is 1. The Labute approximate surface area is 76.8 Å². The number of nitrogens with zero attached hydrogens (tertiary/aromatic N) is 2. The maximum atomic E-state index is 11.1. The molecule has 4 heteroatoms. The molecule has 1 aromatic rings. The molecule has 0 aliphatic rings.